The Morgan fingerprint density at radius 2 is 2.05 bits per heavy atom. The van der Waals surface area contributed by atoms with Crippen LogP contribution in [0.1, 0.15) is 26.7 Å². The number of carbonyl (C=O) groups excluding carboxylic acids is 2. The quantitative estimate of drug-likeness (QED) is 0.785. The van der Waals surface area contributed by atoms with Crippen molar-refractivity contribution in [2.45, 2.75) is 32.7 Å². The van der Waals surface area contributed by atoms with Crippen LogP contribution in [0.4, 0.5) is 10.5 Å². The van der Waals surface area contributed by atoms with Crippen molar-refractivity contribution in [3.8, 4) is 0 Å². The first kappa shape index (κ1) is 18.6. The number of hydrogen-bond acceptors (Lipinski definition) is 3. The summed E-state index contributed by atoms with van der Waals surface area (Å²) in [7, 11) is 1.32. The number of nitrogens with one attached hydrogen (secondary N) is 1. The van der Waals surface area contributed by atoms with E-state index in [4.69, 9.17) is 23.2 Å². The maximum atomic E-state index is 12.4. The number of nitrogens with zero attached hydrogens (tertiary/aromatic N) is 1. The van der Waals surface area contributed by atoms with E-state index in [1.165, 1.54) is 7.11 Å². The molecule has 0 radical (unpaired) electrons. The highest BCUT2D eigenvalue weighted by Crippen LogP contribution is 2.29. The van der Waals surface area contributed by atoms with Gasteiger partial charge in [-0.15, -0.1) is 0 Å². The van der Waals surface area contributed by atoms with E-state index in [2.05, 4.69) is 10.1 Å². The number of halogens is 2. The summed E-state index contributed by atoms with van der Waals surface area (Å²) in [5.41, 5.74) is 0.436. The lowest BCUT2D eigenvalue weighted by Gasteiger charge is -2.28. The topological polar surface area (TPSA) is 58.6 Å². The van der Waals surface area contributed by atoms with Crippen LogP contribution < -0.4 is 5.32 Å². The lowest BCUT2D eigenvalue weighted by atomic mass is 10.2. The Kier molecular flexibility index (Phi) is 7.48. The zero-order chi connectivity index (χ0) is 16.7. The van der Waals surface area contributed by atoms with Crippen molar-refractivity contribution in [2.24, 2.45) is 0 Å². The van der Waals surface area contributed by atoms with Gasteiger partial charge in [-0.3, -0.25) is 4.79 Å². The number of esters is 1. The van der Waals surface area contributed by atoms with Crippen LogP contribution in [-0.4, -0.2) is 36.6 Å². The highest BCUT2D eigenvalue weighted by Gasteiger charge is 2.21. The molecule has 0 saturated heterocycles. The molecule has 1 N–H and O–H groups in total. The molecule has 7 heteroatoms. The first-order chi connectivity index (χ1) is 10.4. The van der Waals surface area contributed by atoms with Gasteiger partial charge < -0.3 is 15.0 Å². The smallest absolute Gasteiger partial charge is 0.322 e. The number of carbonyl (C=O) groups is 2. The highest BCUT2D eigenvalue weighted by atomic mass is 35.5. The minimum Gasteiger partial charge on any atom is -0.469 e. The van der Waals surface area contributed by atoms with Gasteiger partial charge in [-0.05, 0) is 25.5 Å². The van der Waals surface area contributed by atoms with E-state index in [1.54, 1.807) is 23.1 Å². The molecule has 0 aliphatic carbocycles. The average molecular weight is 347 g/mol. The van der Waals surface area contributed by atoms with Gasteiger partial charge in [0.15, 0.2) is 0 Å². The second-order valence-electron chi connectivity index (χ2n) is 4.81. The standard InChI is InChI=1S/C15H20Cl2N2O3/c1-4-10(2)19(9-8-13(20)22-3)15(21)18-12-7-5-6-11(16)14(12)17/h5-7,10H,4,8-9H2,1-3H3,(H,18,21). The number of anilines is 1. The minimum absolute atomic E-state index is 0.0254. The normalized spacial score (nSPS) is 11.7. The van der Waals surface area contributed by atoms with Crippen LogP contribution >= 0.6 is 23.2 Å². The molecule has 0 aromatic heterocycles. The Morgan fingerprint density at radius 1 is 1.36 bits per heavy atom. The number of hydrogen-bond donors (Lipinski definition) is 1. The highest BCUT2D eigenvalue weighted by molar-refractivity contribution is 6.43. The second kappa shape index (κ2) is 8.86. The molecule has 1 aromatic carbocycles. The van der Waals surface area contributed by atoms with E-state index in [0.29, 0.717) is 10.7 Å². The molecule has 1 atom stereocenters. The van der Waals surface area contributed by atoms with E-state index >= 15 is 0 Å². The largest absolute Gasteiger partial charge is 0.469 e. The van der Waals surface area contributed by atoms with Gasteiger partial charge in [-0.1, -0.05) is 36.2 Å². The first-order valence-electron chi connectivity index (χ1n) is 6.99. The second-order valence-corrected chi connectivity index (χ2v) is 5.59. The van der Waals surface area contributed by atoms with Gasteiger partial charge in [0.2, 0.25) is 0 Å². The molecule has 122 valence electrons. The van der Waals surface area contributed by atoms with Crippen LogP contribution in [-0.2, 0) is 9.53 Å². The predicted molar refractivity (Wildman–Crippen MR) is 88.6 cm³/mol. The lowest BCUT2D eigenvalue weighted by Crippen LogP contribution is -2.42. The molecule has 0 heterocycles. The molecule has 2 amide bonds. The van der Waals surface area contributed by atoms with Crippen molar-refractivity contribution in [1.82, 2.24) is 4.90 Å². The SMILES string of the molecule is CCC(C)N(CCC(=O)OC)C(=O)Nc1cccc(Cl)c1Cl. The van der Waals surface area contributed by atoms with Crippen molar-refractivity contribution < 1.29 is 14.3 Å². The van der Waals surface area contributed by atoms with Gasteiger partial charge in [-0.2, -0.15) is 0 Å². The Labute approximate surface area is 140 Å². The maximum absolute atomic E-state index is 12.4. The van der Waals surface area contributed by atoms with Crippen LogP contribution in [0, 0.1) is 0 Å². The number of urea groups is 1. The van der Waals surface area contributed by atoms with Gasteiger partial charge in [-0.25, -0.2) is 4.79 Å². The number of methoxy groups -OCH3 is 1. The lowest BCUT2D eigenvalue weighted by molar-refractivity contribution is -0.140. The zero-order valence-corrected chi connectivity index (χ0v) is 14.4. The molecular weight excluding hydrogens is 327 g/mol. The van der Waals surface area contributed by atoms with E-state index in [9.17, 15) is 9.59 Å². The fourth-order valence-corrected chi connectivity index (χ4v) is 2.19. The van der Waals surface area contributed by atoms with Gasteiger partial charge in [0.05, 0.1) is 29.3 Å². The Hall–Kier alpha value is -1.46. The third kappa shape index (κ3) is 5.07. The summed E-state index contributed by atoms with van der Waals surface area (Å²) >= 11 is 12.0. The molecule has 1 rings (SSSR count). The summed E-state index contributed by atoms with van der Waals surface area (Å²) in [5, 5.41) is 3.38. The summed E-state index contributed by atoms with van der Waals surface area (Å²) in [6.45, 7) is 4.15. The average Bonchev–Trinajstić information content (AvgIpc) is 2.51. The van der Waals surface area contributed by atoms with Crippen molar-refractivity contribution in [1.29, 1.82) is 0 Å². The molecule has 0 aliphatic rings. The Morgan fingerprint density at radius 3 is 2.64 bits per heavy atom. The van der Waals surface area contributed by atoms with Gasteiger partial charge >= 0.3 is 12.0 Å². The predicted octanol–water partition coefficient (Wildman–Crippen LogP) is 4.19. The summed E-state index contributed by atoms with van der Waals surface area (Å²) < 4.78 is 4.61. The molecule has 1 unspecified atom stereocenters. The third-order valence-electron chi connectivity index (χ3n) is 3.36. The van der Waals surface area contributed by atoms with Crippen molar-refractivity contribution in [3.05, 3.63) is 28.2 Å². The third-order valence-corrected chi connectivity index (χ3v) is 4.18. The van der Waals surface area contributed by atoms with E-state index < -0.39 is 0 Å². The van der Waals surface area contributed by atoms with Gasteiger partial charge in [0.1, 0.15) is 0 Å². The Balaban J connectivity index is 2.83. The summed E-state index contributed by atoms with van der Waals surface area (Å²) in [4.78, 5) is 25.3. The monoisotopic (exact) mass is 346 g/mol. The van der Waals surface area contributed by atoms with Gasteiger partial charge in [0.25, 0.3) is 0 Å². The summed E-state index contributed by atoms with van der Waals surface area (Å²) in [6.07, 6.45) is 0.898. The zero-order valence-electron chi connectivity index (χ0n) is 12.9. The number of benzene rings is 1. The van der Waals surface area contributed by atoms with Crippen molar-refractivity contribution in [3.63, 3.8) is 0 Å². The van der Waals surface area contributed by atoms with Crippen LogP contribution in [0.25, 0.3) is 0 Å². The van der Waals surface area contributed by atoms with Crippen molar-refractivity contribution >= 4 is 40.9 Å². The van der Waals surface area contributed by atoms with Gasteiger partial charge in [0, 0.05) is 12.6 Å². The summed E-state index contributed by atoms with van der Waals surface area (Å²) in [5.74, 6) is -0.359. The van der Waals surface area contributed by atoms with E-state index in [1.807, 2.05) is 13.8 Å². The fraction of sp³-hybridized carbons (Fsp3) is 0.467. The van der Waals surface area contributed by atoms with Crippen molar-refractivity contribution in [2.75, 3.05) is 19.0 Å². The number of rotatable bonds is 6. The van der Waals surface area contributed by atoms with E-state index in [-0.39, 0.29) is 36.0 Å². The number of ether oxygens (including phenoxy) is 1. The van der Waals surface area contributed by atoms with Crippen LogP contribution in [0.3, 0.4) is 0 Å². The molecule has 0 bridgehead atoms. The Bertz CT molecular complexity index is 538. The van der Waals surface area contributed by atoms with E-state index in [0.717, 1.165) is 6.42 Å². The maximum Gasteiger partial charge on any atom is 0.322 e. The fourth-order valence-electron chi connectivity index (χ4n) is 1.84. The number of amides is 2. The van der Waals surface area contributed by atoms with Crippen LogP contribution in [0.15, 0.2) is 18.2 Å². The molecule has 22 heavy (non-hydrogen) atoms. The molecule has 0 saturated carbocycles. The molecule has 0 aliphatic heterocycles. The first-order valence-corrected chi connectivity index (χ1v) is 7.74. The van der Waals surface area contributed by atoms with Crippen LogP contribution in [0.2, 0.25) is 10.0 Å². The molecule has 0 spiro atoms. The molecule has 0 fully saturated rings. The molecule has 1 aromatic rings. The minimum atomic E-state index is -0.359. The van der Waals surface area contributed by atoms with Crippen LogP contribution in [0.5, 0.6) is 0 Å². The summed E-state index contributed by atoms with van der Waals surface area (Å²) in [6, 6.07) is 4.65. The molecular formula is C15H20Cl2N2O3. The molecule has 5 nitrogen and oxygen atoms in total.